The molecule has 3 amide bonds. The minimum Gasteiger partial charge on any atom is -0.351 e. The molecule has 3 atom stereocenters. The third-order valence-corrected chi connectivity index (χ3v) is 8.68. The number of fused-ring (bicyclic) bond motifs is 2. The molecule has 3 heterocycles. The van der Waals surface area contributed by atoms with Crippen LogP contribution in [0.25, 0.3) is 10.9 Å². The Labute approximate surface area is 237 Å². The molecule has 0 saturated heterocycles. The maximum Gasteiger partial charge on any atom is 0.280 e. The van der Waals surface area contributed by atoms with Crippen molar-refractivity contribution in [3.8, 4) is 0 Å². The van der Waals surface area contributed by atoms with E-state index < -0.39 is 6.04 Å². The fourth-order valence-corrected chi connectivity index (χ4v) is 6.47. The first kappa shape index (κ1) is 29.0. The Kier molecular flexibility index (Phi) is 8.95. The minimum atomic E-state index is -0.457. The molecule has 1 saturated carbocycles. The van der Waals surface area contributed by atoms with E-state index in [1.54, 1.807) is 25.2 Å². The van der Waals surface area contributed by atoms with Crippen LogP contribution >= 0.6 is 22.9 Å². The van der Waals surface area contributed by atoms with Crippen LogP contribution in [-0.2, 0) is 22.6 Å². The van der Waals surface area contributed by atoms with Gasteiger partial charge in [0.1, 0.15) is 5.69 Å². The average Bonchev–Trinajstić information content (AvgIpc) is 3.52. The van der Waals surface area contributed by atoms with Crippen molar-refractivity contribution in [2.75, 3.05) is 27.7 Å². The zero-order valence-electron chi connectivity index (χ0n) is 21.5. The van der Waals surface area contributed by atoms with E-state index in [1.165, 1.54) is 23.5 Å². The SMILES string of the molecule is C.CON(C)C(=O)[C@H]1CC[C@H](NC(=O)c2cc3cc(Cl)ccc3[nH]2)[C@H](NC(=O)c2nc3c(s2)CN(C)CC3)C1. The summed E-state index contributed by atoms with van der Waals surface area (Å²) in [4.78, 5) is 55.5. The first-order valence-corrected chi connectivity index (χ1v) is 13.8. The Hall–Kier alpha value is -2.99. The molecular weight excluding hydrogens is 540 g/mol. The Morgan fingerprint density at radius 3 is 2.72 bits per heavy atom. The maximum atomic E-state index is 13.3. The molecule has 0 unspecified atom stereocenters. The molecular formula is C27H35ClN6O4S. The van der Waals surface area contributed by atoms with E-state index in [2.05, 4.69) is 25.5 Å². The summed E-state index contributed by atoms with van der Waals surface area (Å²) in [6.45, 7) is 1.68. The number of benzene rings is 1. The van der Waals surface area contributed by atoms with Gasteiger partial charge in [0.15, 0.2) is 5.01 Å². The van der Waals surface area contributed by atoms with Crippen LogP contribution < -0.4 is 10.6 Å². The van der Waals surface area contributed by atoms with Gasteiger partial charge in [0.05, 0.1) is 18.8 Å². The predicted octanol–water partition coefficient (Wildman–Crippen LogP) is 3.62. The zero-order valence-corrected chi connectivity index (χ0v) is 23.1. The highest BCUT2D eigenvalue weighted by atomic mass is 35.5. The number of carbonyl (C=O) groups excluding carboxylic acids is 3. The summed E-state index contributed by atoms with van der Waals surface area (Å²) in [5.41, 5.74) is 2.18. The lowest BCUT2D eigenvalue weighted by Gasteiger charge is -2.37. The van der Waals surface area contributed by atoms with Crippen LogP contribution in [0.1, 0.15) is 57.6 Å². The van der Waals surface area contributed by atoms with Crippen LogP contribution in [0.2, 0.25) is 5.02 Å². The first-order chi connectivity index (χ1) is 18.2. The van der Waals surface area contributed by atoms with Crippen molar-refractivity contribution in [2.45, 2.75) is 51.7 Å². The summed E-state index contributed by atoms with van der Waals surface area (Å²) in [6.07, 6.45) is 2.27. The van der Waals surface area contributed by atoms with Crippen LogP contribution in [0.3, 0.4) is 0 Å². The van der Waals surface area contributed by atoms with E-state index in [1.807, 2.05) is 13.1 Å². The number of aromatic nitrogens is 2. The fraction of sp³-hybridized carbons (Fsp3) is 0.481. The van der Waals surface area contributed by atoms with Crippen LogP contribution in [-0.4, -0.2) is 77.5 Å². The molecule has 10 nitrogen and oxygen atoms in total. The molecule has 39 heavy (non-hydrogen) atoms. The highest BCUT2D eigenvalue weighted by Crippen LogP contribution is 2.29. The smallest absolute Gasteiger partial charge is 0.280 e. The summed E-state index contributed by atoms with van der Waals surface area (Å²) < 4.78 is 0. The largest absolute Gasteiger partial charge is 0.351 e. The van der Waals surface area contributed by atoms with Gasteiger partial charge in [0.25, 0.3) is 11.8 Å². The number of carbonyl (C=O) groups is 3. The number of hydrogen-bond acceptors (Lipinski definition) is 7. The van der Waals surface area contributed by atoms with Crippen molar-refractivity contribution in [1.82, 2.24) is 30.6 Å². The molecule has 1 fully saturated rings. The van der Waals surface area contributed by atoms with Gasteiger partial charge in [-0.1, -0.05) is 19.0 Å². The van der Waals surface area contributed by atoms with E-state index in [9.17, 15) is 14.4 Å². The molecule has 0 radical (unpaired) electrons. The number of nitrogens with zero attached hydrogens (tertiary/aromatic N) is 3. The number of amides is 3. The minimum absolute atomic E-state index is 0. The Morgan fingerprint density at radius 1 is 1.18 bits per heavy atom. The zero-order chi connectivity index (χ0) is 27.0. The summed E-state index contributed by atoms with van der Waals surface area (Å²) in [6, 6.07) is 6.32. The summed E-state index contributed by atoms with van der Waals surface area (Å²) >= 11 is 7.50. The molecule has 3 aromatic rings. The number of hydrogen-bond donors (Lipinski definition) is 3. The second kappa shape index (κ2) is 12.0. The molecule has 1 aromatic carbocycles. The predicted molar refractivity (Wildman–Crippen MR) is 152 cm³/mol. The summed E-state index contributed by atoms with van der Waals surface area (Å²) in [7, 11) is 5.06. The number of H-pyrrole nitrogens is 1. The van der Waals surface area contributed by atoms with Gasteiger partial charge in [-0.05, 0) is 50.6 Å². The lowest BCUT2D eigenvalue weighted by molar-refractivity contribution is -0.174. The fourth-order valence-electron chi connectivity index (χ4n) is 5.20. The standard InChI is InChI=1S/C26H31ClN6O4S.CH4/c1-32-9-8-19-22(13-32)38-25(31-19)24(35)30-20-11-14(26(36)33(2)37-3)4-6-18(20)29-23(34)21-12-15-10-16(27)5-7-17(15)28-21;/h5,7,10,12,14,18,20,28H,4,6,8-9,11,13H2,1-3H3,(H,29,34)(H,30,35);1H4/t14-,18-,20+;/m0./s1. The molecule has 12 heteroatoms. The van der Waals surface area contributed by atoms with E-state index in [4.69, 9.17) is 16.4 Å². The van der Waals surface area contributed by atoms with Crippen LogP contribution in [0, 0.1) is 5.92 Å². The Bertz CT molecular complexity index is 1370. The lowest BCUT2D eigenvalue weighted by atomic mass is 9.81. The molecule has 2 aromatic heterocycles. The quantitative estimate of drug-likeness (QED) is 0.387. The monoisotopic (exact) mass is 574 g/mol. The van der Waals surface area contributed by atoms with Gasteiger partial charge in [-0.15, -0.1) is 11.3 Å². The third kappa shape index (κ3) is 6.27. The molecule has 5 rings (SSSR count). The molecule has 1 aliphatic carbocycles. The van der Waals surface area contributed by atoms with Crippen LogP contribution in [0.15, 0.2) is 24.3 Å². The van der Waals surface area contributed by atoms with Gasteiger partial charge < -0.3 is 20.5 Å². The Morgan fingerprint density at radius 2 is 1.95 bits per heavy atom. The van der Waals surface area contributed by atoms with Gasteiger partial charge >= 0.3 is 0 Å². The molecule has 3 N–H and O–H groups in total. The van der Waals surface area contributed by atoms with Crippen molar-refractivity contribution in [2.24, 2.45) is 5.92 Å². The number of likely N-dealkylation sites (N-methyl/N-ethyl adjacent to an activating group) is 1. The number of thiazole rings is 1. The summed E-state index contributed by atoms with van der Waals surface area (Å²) in [5.74, 6) is -1.07. The van der Waals surface area contributed by atoms with Crippen LogP contribution in [0.4, 0.5) is 0 Å². The first-order valence-electron chi connectivity index (χ1n) is 12.6. The third-order valence-electron chi connectivity index (χ3n) is 7.36. The Balaban J connectivity index is 0.00000353. The van der Waals surface area contributed by atoms with E-state index in [0.717, 1.165) is 41.0 Å². The van der Waals surface area contributed by atoms with Crippen molar-refractivity contribution in [3.63, 3.8) is 0 Å². The number of hydroxylamine groups is 2. The van der Waals surface area contributed by atoms with Gasteiger partial charge in [-0.25, -0.2) is 10.0 Å². The van der Waals surface area contributed by atoms with Crippen molar-refractivity contribution in [1.29, 1.82) is 0 Å². The number of rotatable bonds is 6. The number of nitrogens with one attached hydrogen (secondary N) is 3. The molecule has 0 spiro atoms. The maximum absolute atomic E-state index is 13.3. The molecule has 0 bridgehead atoms. The molecule has 1 aliphatic heterocycles. The van der Waals surface area contributed by atoms with Gasteiger partial charge in [-0.3, -0.25) is 19.2 Å². The highest BCUT2D eigenvalue weighted by molar-refractivity contribution is 7.13. The molecule has 210 valence electrons. The second-order valence-electron chi connectivity index (χ2n) is 9.98. The number of halogens is 1. The van der Waals surface area contributed by atoms with E-state index in [0.29, 0.717) is 35.0 Å². The van der Waals surface area contributed by atoms with Crippen molar-refractivity contribution >= 4 is 51.6 Å². The molecule has 2 aliphatic rings. The number of aromatic amines is 1. The van der Waals surface area contributed by atoms with Crippen molar-refractivity contribution < 1.29 is 19.2 Å². The average molecular weight is 575 g/mol. The van der Waals surface area contributed by atoms with Crippen molar-refractivity contribution in [3.05, 3.63) is 50.6 Å². The second-order valence-corrected chi connectivity index (χ2v) is 11.5. The van der Waals surface area contributed by atoms with Gasteiger partial charge in [-0.2, -0.15) is 0 Å². The van der Waals surface area contributed by atoms with Gasteiger partial charge in [0, 0.05) is 59.3 Å². The summed E-state index contributed by atoms with van der Waals surface area (Å²) in [5, 5.41) is 9.20. The normalized spacial score (nSPS) is 21.1. The van der Waals surface area contributed by atoms with E-state index in [-0.39, 0.29) is 37.1 Å². The lowest BCUT2D eigenvalue weighted by Crippen LogP contribution is -2.56. The van der Waals surface area contributed by atoms with E-state index >= 15 is 0 Å². The topological polar surface area (TPSA) is 120 Å². The highest BCUT2D eigenvalue weighted by Gasteiger charge is 2.37. The van der Waals surface area contributed by atoms with Crippen LogP contribution in [0.5, 0.6) is 0 Å². The van der Waals surface area contributed by atoms with Gasteiger partial charge in [0.2, 0.25) is 5.91 Å².